The Balaban J connectivity index is 2.53. The van der Waals surface area contributed by atoms with E-state index in [2.05, 4.69) is 5.16 Å². The predicted octanol–water partition coefficient (Wildman–Crippen LogP) is 2.58. The lowest BCUT2D eigenvalue weighted by Gasteiger charge is -1.96. The molecule has 66 valence electrons. The molecule has 2 N–H and O–H groups in total. The van der Waals surface area contributed by atoms with E-state index >= 15 is 0 Å². The molecule has 0 saturated carbocycles. The Morgan fingerprint density at radius 1 is 1.38 bits per heavy atom. The van der Waals surface area contributed by atoms with Gasteiger partial charge in [-0.2, -0.15) is 0 Å². The standard InChI is InChI=1S/C9H7ClN2O/c10-7-3-1-2-6(4-7)9-8(11)5-12-13-9/h1-5H,11H2. The zero-order valence-electron chi connectivity index (χ0n) is 6.70. The van der Waals surface area contributed by atoms with E-state index in [9.17, 15) is 0 Å². The van der Waals surface area contributed by atoms with E-state index in [0.29, 0.717) is 16.5 Å². The summed E-state index contributed by atoms with van der Waals surface area (Å²) in [5.74, 6) is 0.558. The molecule has 0 unspecified atom stereocenters. The Morgan fingerprint density at radius 3 is 2.85 bits per heavy atom. The highest BCUT2D eigenvalue weighted by Crippen LogP contribution is 2.26. The minimum absolute atomic E-state index is 0.516. The number of hydrogen-bond acceptors (Lipinski definition) is 3. The highest BCUT2D eigenvalue weighted by molar-refractivity contribution is 6.30. The molecule has 0 radical (unpaired) electrons. The van der Waals surface area contributed by atoms with Crippen molar-refractivity contribution in [2.75, 3.05) is 5.73 Å². The minimum Gasteiger partial charge on any atom is -0.394 e. The van der Waals surface area contributed by atoms with Gasteiger partial charge in [0, 0.05) is 10.6 Å². The zero-order chi connectivity index (χ0) is 9.26. The van der Waals surface area contributed by atoms with Gasteiger partial charge in [0.15, 0.2) is 5.76 Å². The van der Waals surface area contributed by atoms with Crippen LogP contribution in [0.15, 0.2) is 35.0 Å². The molecular weight excluding hydrogens is 188 g/mol. The lowest BCUT2D eigenvalue weighted by molar-refractivity contribution is 0.432. The maximum Gasteiger partial charge on any atom is 0.189 e. The lowest BCUT2D eigenvalue weighted by atomic mass is 10.1. The second-order valence-electron chi connectivity index (χ2n) is 2.62. The highest BCUT2D eigenvalue weighted by atomic mass is 35.5. The fourth-order valence-corrected chi connectivity index (χ4v) is 1.29. The van der Waals surface area contributed by atoms with Crippen LogP contribution < -0.4 is 5.73 Å². The summed E-state index contributed by atoms with van der Waals surface area (Å²) in [6.07, 6.45) is 1.47. The quantitative estimate of drug-likeness (QED) is 0.759. The van der Waals surface area contributed by atoms with E-state index in [1.807, 2.05) is 12.1 Å². The van der Waals surface area contributed by atoms with Crippen LogP contribution in [0.3, 0.4) is 0 Å². The first-order valence-electron chi connectivity index (χ1n) is 3.73. The SMILES string of the molecule is Nc1cnoc1-c1cccc(Cl)c1. The fraction of sp³-hybridized carbons (Fsp3) is 0. The van der Waals surface area contributed by atoms with E-state index < -0.39 is 0 Å². The maximum atomic E-state index is 5.81. The molecule has 4 heteroatoms. The van der Waals surface area contributed by atoms with Gasteiger partial charge in [0.05, 0.1) is 6.20 Å². The number of nitrogen functional groups attached to an aromatic ring is 1. The lowest BCUT2D eigenvalue weighted by Crippen LogP contribution is -1.84. The minimum atomic E-state index is 0.516. The Kier molecular flexibility index (Phi) is 1.94. The number of hydrogen-bond donors (Lipinski definition) is 1. The third-order valence-electron chi connectivity index (χ3n) is 1.68. The summed E-state index contributed by atoms with van der Waals surface area (Å²) in [5.41, 5.74) is 6.97. The smallest absolute Gasteiger partial charge is 0.189 e. The number of rotatable bonds is 1. The van der Waals surface area contributed by atoms with E-state index in [1.54, 1.807) is 12.1 Å². The molecule has 13 heavy (non-hydrogen) atoms. The number of halogens is 1. The van der Waals surface area contributed by atoms with Crippen LogP contribution in [0.4, 0.5) is 5.69 Å². The molecule has 2 aromatic rings. The van der Waals surface area contributed by atoms with Gasteiger partial charge < -0.3 is 10.3 Å². The average molecular weight is 195 g/mol. The Labute approximate surface area is 80.1 Å². The molecule has 0 spiro atoms. The third kappa shape index (κ3) is 1.51. The van der Waals surface area contributed by atoms with Crippen molar-refractivity contribution < 1.29 is 4.52 Å². The summed E-state index contributed by atoms with van der Waals surface area (Å²) in [6, 6.07) is 7.26. The number of benzene rings is 1. The van der Waals surface area contributed by atoms with Crippen LogP contribution in [0.5, 0.6) is 0 Å². The second-order valence-corrected chi connectivity index (χ2v) is 3.06. The molecule has 1 heterocycles. The number of anilines is 1. The summed E-state index contributed by atoms with van der Waals surface area (Å²) in [4.78, 5) is 0. The van der Waals surface area contributed by atoms with Crippen molar-refractivity contribution in [1.29, 1.82) is 0 Å². The molecule has 0 amide bonds. The van der Waals surface area contributed by atoms with Crippen molar-refractivity contribution in [2.24, 2.45) is 0 Å². The first-order chi connectivity index (χ1) is 6.27. The van der Waals surface area contributed by atoms with Crippen molar-refractivity contribution in [3.05, 3.63) is 35.5 Å². The van der Waals surface area contributed by atoms with E-state index in [4.69, 9.17) is 21.9 Å². The maximum absolute atomic E-state index is 5.81. The van der Waals surface area contributed by atoms with Gasteiger partial charge in [-0.1, -0.05) is 28.9 Å². The van der Waals surface area contributed by atoms with E-state index in [-0.39, 0.29) is 0 Å². The molecule has 0 aliphatic rings. The zero-order valence-corrected chi connectivity index (χ0v) is 7.45. The molecule has 0 aliphatic carbocycles. The molecule has 0 atom stereocenters. The van der Waals surface area contributed by atoms with Gasteiger partial charge in [0.1, 0.15) is 5.69 Å². The van der Waals surface area contributed by atoms with Gasteiger partial charge >= 0.3 is 0 Å². The first kappa shape index (κ1) is 8.13. The molecular formula is C9H7ClN2O. The Bertz CT molecular complexity index is 425. The second kappa shape index (κ2) is 3.11. The van der Waals surface area contributed by atoms with Crippen LogP contribution in [-0.2, 0) is 0 Å². The van der Waals surface area contributed by atoms with Crippen LogP contribution in [0, 0.1) is 0 Å². The van der Waals surface area contributed by atoms with Gasteiger partial charge in [-0.15, -0.1) is 0 Å². The normalized spacial score (nSPS) is 10.2. The first-order valence-corrected chi connectivity index (χ1v) is 4.11. The van der Waals surface area contributed by atoms with Crippen molar-refractivity contribution in [1.82, 2.24) is 5.16 Å². The largest absolute Gasteiger partial charge is 0.394 e. The van der Waals surface area contributed by atoms with Crippen LogP contribution >= 0.6 is 11.6 Å². The molecule has 0 bridgehead atoms. The van der Waals surface area contributed by atoms with Crippen molar-refractivity contribution in [3.63, 3.8) is 0 Å². The van der Waals surface area contributed by atoms with Crippen molar-refractivity contribution >= 4 is 17.3 Å². The van der Waals surface area contributed by atoms with Crippen LogP contribution in [0.1, 0.15) is 0 Å². The average Bonchev–Trinajstić information content (AvgIpc) is 2.51. The van der Waals surface area contributed by atoms with Crippen molar-refractivity contribution in [2.45, 2.75) is 0 Å². The summed E-state index contributed by atoms with van der Waals surface area (Å²) in [5, 5.41) is 4.23. The summed E-state index contributed by atoms with van der Waals surface area (Å²) < 4.78 is 4.97. The highest BCUT2D eigenvalue weighted by Gasteiger charge is 2.07. The number of nitrogens with zero attached hydrogens (tertiary/aromatic N) is 1. The molecule has 0 fully saturated rings. The summed E-state index contributed by atoms with van der Waals surface area (Å²) in [6.45, 7) is 0. The number of nitrogens with two attached hydrogens (primary N) is 1. The fourth-order valence-electron chi connectivity index (χ4n) is 1.10. The molecule has 2 rings (SSSR count). The molecule has 0 saturated heterocycles. The van der Waals surface area contributed by atoms with Crippen LogP contribution in [0.25, 0.3) is 11.3 Å². The van der Waals surface area contributed by atoms with Crippen LogP contribution in [-0.4, -0.2) is 5.16 Å². The van der Waals surface area contributed by atoms with Gasteiger partial charge in [0.2, 0.25) is 0 Å². The Morgan fingerprint density at radius 2 is 2.23 bits per heavy atom. The molecule has 1 aromatic carbocycles. The predicted molar refractivity (Wildman–Crippen MR) is 51.4 cm³/mol. The molecule has 1 aromatic heterocycles. The summed E-state index contributed by atoms with van der Waals surface area (Å²) >= 11 is 5.81. The molecule has 3 nitrogen and oxygen atoms in total. The summed E-state index contributed by atoms with van der Waals surface area (Å²) in [7, 11) is 0. The molecule has 0 aliphatic heterocycles. The van der Waals surface area contributed by atoms with Crippen LogP contribution in [0.2, 0.25) is 5.02 Å². The van der Waals surface area contributed by atoms with Gasteiger partial charge in [0.25, 0.3) is 0 Å². The Hall–Kier alpha value is -1.48. The van der Waals surface area contributed by atoms with E-state index in [1.165, 1.54) is 6.20 Å². The third-order valence-corrected chi connectivity index (χ3v) is 1.92. The van der Waals surface area contributed by atoms with Crippen molar-refractivity contribution in [3.8, 4) is 11.3 Å². The van der Waals surface area contributed by atoms with E-state index in [0.717, 1.165) is 5.56 Å². The van der Waals surface area contributed by atoms with Gasteiger partial charge in [-0.05, 0) is 12.1 Å². The van der Waals surface area contributed by atoms with Gasteiger partial charge in [-0.25, -0.2) is 0 Å². The monoisotopic (exact) mass is 194 g/mol. The van der Waals surface area contributed by atoms with Gasteiger partial charge in [-0.3, -0.25) is 0 Å². The number of aromatic nitrogens is 1. The topological polar surface area (TPSA) is 52.0 Å².